The van der Waals surface area contributed by atoms with Gasteiger partial charge in [-0.2, -0.15) is 0 Å². The van der Waals surface area contributed by atoms with Crippen molar-refractivity contribution in [3.63, 3.8) is 0 Å². The first-order chi connectivity index (χ1) is 5.22. The molecule has 0 aromatic heterocycles. The van der Waals surface area contributed by atoms with E-state index in [1.165, 1.54) is 0 Å². The highest BCUT2D eigenvalue weighted by Gasteiger charge is 1.90. The van der Waals surface area contributed by atoms with Crippen LogP contribution in [0.5, 0.6) is 0 Å². The molecule has 70 valence electrons. The van der Waals surface area contributed by atoms with Gasteiger partial charge in [-0.25, -0.2) is 0 Å². The first kappa shape index (κ1) is 13.4. The van der Waals surface area contributed by atoms with Crippen LogP contribution in [0.1, 0.15) is 19.8 Å². The molecule has 0 aliphatic carbocycles. The lowest BCUT2D eigenvalue weighted by molar-refractivity contribution is 0.179. The third-order valence-corrected chi connectivity index (χ3v) is 1.15. The molecule has 0 saturated carbocycles. The summed E-state index contributed by atoms with van der Waals surface area (Å²) in [5.74, 6) is 0. The molecule has 0 bridgehead atoms. The van der Waals surface area contributed by atoms with Gasteiger partial charge in [0.1, 0.15) is 0 Å². The van der Waals surface area contributed by atoms with Crippen molar-refractivity contribution < 1.29 is 5.11 Å². The quantitative estimate of drug-likeness (QED) is 0.427. The van der Waals surface area contributed by atoms with Crippen LogP contribution in [-0.2, 0) is 0 Å². The number of aliphatic hydroxyl groups is 1. The first-order valence-corrected chi connectivity index (χ1v) is 4.01. The van der Waals surface area contributed by atoms with Crippen molar-refractivity contribution in [1.29, 1.82) is 0 Å². The Morgan fingerprint density at radius 2 is 1.64 bits per heavy atom. The molecular formula is C7H21N3O. The molecule has 1 atom stereocenters. The van der Waals surface area contributed by atoms with Crippen LogP contribution in [0.2, 0.25) is 0 Å². The molecule has 0 heterocycles. The Hall–Kier alpha value is -0.160. The van der Waals surface area contributed by atoms with E-state index in [0.29, 0.717) is 6.54 Å². The van der Waals surface area contributed by atoms with Gasteiger partial charge >= 0.3 is 0 Å². The van der Waals surface area contributed by atoms with Crippen LogP contribution >= 0.6 is 0 Å². The summed E-state index contributed by atoms with van der Waals surface area (Å²) in [6.07, 6.45) is 1.42. The maximum absolute atomic E-state index is 8.54. The molecule has 0 radical (unpaired) electrons. The monoisotopic (exact) mass is 163 g/mol. The molecule has 0 spiro atoms. The highest BCUT2D eigenvalue weighted by Crippen LogP contribution is 1.81. The van der Waals surface area contributed by atoms with Crippen molar-refractivity contribution in [3.05, 3.63) is 0 Å². The lowest BCUT2D eigenvalue weighted by Crippen LogP contribution is -2.17. The average Bonchev–Trinajstić information content (AvgIpc) is 2.06. The SMILES string of the molecule is CCC(O)CN.NCCCN. The van der Waals surface area contributed by atoms with Crippen molar-refractivity contribution in [2.24, 2.45) is 17.2 Å². The summed E-state index contributed by atoms with van der Waals surface area (Å²) in [5.41, 5.74) is 15.2. The average molecular weight is 163 g/mol. The van der Waals surface area contributed by atoms with Crippen LogP contribution in [0.25, 0.3) is 0 Å². The van der Waals surface area contributed by atoms with Gasteiger partial charge in [0.05, 0.1) is 6.10 Å². The Bertz CT molecular complexity index is 55.6. The second-order valence-corrected chi connectivity index (χ2v) is 2.23. The zero-order valence-corrected chi connectivity index (χ0v) is 7.29. The number of nitrogens with two attached hydrogens (primary N) is 3. The van der Waals surface area contributed by atoms with E-state index < -0.39 is 0 Å². The van der Waals surface area contributed by atoms with Crippen LogP contribution in [0.3, 0.4) is 0 Å². The largest absolute Gasteiger partial charge is 0.392 e. The second-order valence-electron chi connectivity index (χ2n) is 2.23. The van der Waals surface area contributed by atoms with Gasteiger partial charge in [0.15, 0.2) is 0 Å². The Morgan fingerprint density at radius 1 is 1.18 bits per heavy atom. The Labute approximate surface area is 68.7 Å². The predicted octanol–water partition coefficient (Wildman–Crippen LogP) is -0.990. The van der Waals surface area contributed by atoms with E-state index in [0.717, 1.165) is 25.9 Å². The van der Waals surface area contributed by atoms with E-state index in [4.69, 9.17) is 22.3 Å². The normalized spacial score (nSPS) is 11.7. The van der Waals surface area contributed by atoms with E-state index in [9.17, 15) is 0 Å². The summed E-state index contributed by atoms with van der Waals surface area (Å²) < 4.78 is 0. The third-order valence-electron chi connectivity index (χ3n) is 1.15. The minimum absolute atomic E-state index is 0.287. The predicted molar refractivity (Wildman–Crippen MR) is 48.1 cm³/mol. The Morgan fingerprint density at radius 3 is 1.64 bits per heavy atom. The summed E-state index contributed by atoms with van der Waals surface area (Å²) in [6.45, 7) is 3.72. The number of rotatable bonds is 4. The summed E-state index contributed by atoms with van der Waals surface area (Å²) in [7, 11) is 0. The Balaban J connectivity index is 0. The van der Waals surface area contributed by atoms with Gasteiger partial charge < -0.3 is 22.3 Å². The lowest BCUT2D eigenvalue weighted by atomic mass is 10.3. The van der Waals surface area contributed by atoms with Crippen LogP contribution in [0.15, 0.2) is 0 Å². The van der Waals surface area contributed by atoms with Crippen molar-refractivity contribution in [3.8, 4) is 0 Å². The molecule has 0 aliphatic rings. The van der Waals surface area contributed by atoms with Gasteiger partial charge in [-0.3, -0.25) is 0 Å². The van der Waals surface area contributed by atoms with Crippen LogP contribution < -0.4 is 17.2 Å². The highest BCUT2D eigenvalue weighted by atomic mass is 16.3. The molecule has 4 heteroatoms. The minimum Gasteiger partial charge on any atom is -0.392 e. The van der Waals surface area contributed by atoms with Gasteiger partial charge in [-0.05, 0) is 25.9 Å². The summed E-state index contributed by atoms with van der Waals surface area (Å²) >= 11 is 0. The fourth-order valence-corrected chi connectivity index (χ4v) is 0.285. The van der Waals surface area contributed by atoms with Crippen molar-refractivity contribution in [2.45, 2.75) is 25.9 Å². The van der Waals surface area contributed by atoms with Crippen molar-refractivity contribution >= 4 is 0 Å². The molecule has 0 amide bonds. The van der Waals surface area contributed by atoms with Crippen LogP contribution in [0, 0.1) is 0 Å². The maximum Gasteiger partial charge on any atom is 0.0659 e. The standard InChI is InChI=1S/C4H11NO.C3H10N2/c1-2-4(6)3-5;4-2-1-3-5/h4,6H,2-3,5H2,1H3;1-5H2. The molecule has 0 rings (SSSR count). The topological polar surface area (TPSA) is 98.3 Å². The van der Waals surface area contributed by atoms with E-state index in [1.54, 1.807) is 0 Å². The van der Waals surface area contributed by atoms with Gasteiger partial charge in [0.25, 0.3) is 0 Å². The van der Waals surface area contributed by atoms with E-state index >= 15 is 0 Å². The fraction of sp³-hybridized carbons (Fsp3) is 1.00. The van der Waals surface area contributed by atoms with Gasteiger partial charge in [0.2, 0.25) is 0 Å². The van der Waals surface area contributed by atoms with Crippen molar-refractivity contribution in [2.75, 3.05) is 19.6 Å². The summed E-state index contributed by atoms with van der Waals surface area (Å²) in [4.78, 5) is 0. The van der Waals surface area contributed by atoms with E-state index in [1.807, 2.05) is 6.92 Å². The van der Waals surface area contributed by atoms with Crippen LogP contribution in [-0.4, -0.2) is 30.8 Å². The number of hydrogen-bond acceptors (Lipinski definition) is 4. The number of aliphatic hydroxyl groups excluding tert-OH is 1. The smallest absolute Gasteiger partial charge is 0.0659 e. The van der Waals surface area contributed by atoms with E-state index in [2.05, 4.69) is 0 Å². The molecule has 0 aromatic rings. The van der Waals surface area contributed by atoms with E-state index in [-0.39, 0.29) is 6.10 Å². The molecule has 0 fully saturated rings. The maximum atomic E-state index is 8.54. The number of hydrogen-bond donors (Lipinski definition) is 4. The van der Waals surface area contributed by atoms with Crippen LogP contribution in [0.4, 0.5) is 0 Å². The summed E-state index contributed by atoms with van der Waals surface area (Å²) in [6, 6.07) is 0. The second kappa shape index (κ2) is 12.5. The zero-order valence-electron chi connectivity index (χ0n) is 7.29. The highest BCUT2D eigenvalue weighted by molar-refractivity contribution is 4.48. The summed E-state index contributed by atoms with van der Waals surface area (Å²) in [5, 5.41) is 8.54. The first-order valence-electron chi connectivity index (χ1n) is 4.01. The molecule has 0 aromatic carbocycles. The molecule has 0 aliphatic heterocycles. The molecule has 11 heavy (non-hydrogen) atoms. The van der Waals surface area contributed by atoms with Gasteiger partial charge in [-0.1, -0.05) is 6.92 Å². The zero-order chi connectivity index (χ0) is 9.11. The van der Waals surface area contributed by atoms with Crippen molar-refractivity contribution in [1.82, 2.24) is 0 Å². The Kier molecular flexibility index (Phi) is 15.3. The molecule has 7 N–H and O–H groups in total. The molecule has 0 saturated heterocycles. The minimum atomic E-state index is -0.287. The third kappa shape index (κ3) is 17.7. The molecule has 1 unspecified atom stereocenters. The fourth-order valence-electron chi connectivity index (χ4n) is 0.285. The molecular weight excluding hydrogens is 142 g/mol. The van der Waals surface area contributed by atoms with Gasteiger partial charge in [-0.15, -0.1) is 0 Å². The lowest BCUT2D eigenvalue weighted by Gasteiger charge is -1.98. The molecule has 4 nitrogen and oxygen atoms in total. The van der Waals surface area contributed by atoms with Gasteiger partial charge in [0, 0.05) is 6.54 Å².